The van der Waals surface area contributed by atoms with E-state index in [1.807, 2.05) is 0 Å². The molecule has 28 nitrogen and oxygen atoms in total. The molecule has 0 saturated heterocycles. The van der Waals surface area contributed by atoms with Crippen LogP contribution in [0.2, 0.25) is 0 Å². The maximum absolute atomic E-state index is 13.7. The van der Waals surface area contributed by atoms with Crippen molar-refractivity contribution in [3.8, 4) is 11.5 Å². The van der Waals surface area contributed by atoms with Gasteiger partial charge in [-0.1, -0.05) is 17.9 Å². The molecule has 0 aliphatic rings. The molecule has 0 aliphatic carbocycles. The predicted octanol–water partition coefficient (Wildman–Crippen LogP) is -10.2. The summed E-state index contributed by atoms with van der Waals surface area (Å²) in [6.07, 6.45) is 0. The molecule has 1 aromatic heterocycles. The molecule has 4 N–H and O–H groups in total. The molecule has 6 aromatic rings. The molecule has 0 aliphatic heterocycles. The molecule has 0 radical (unpaired) electrons. The second kappa shape index (κ2) is 27.3. The number of nitrogens with zero attached hydrogens (tertiary/aromatic N) is 5. The first-order chi connectivity index (χ1) is 32.5. The number of anilines is 4. The van der Waals surface area contributed by atoms with Crippen molar-refractivity contribution >= 4 is 112 Å². The van der Waals surface area contributed by atoms with Gasteiger partial charge in [0.15, 0.2) is 19.7 Å². The first-order valence-electron chi connectivity index (χ1n) is 18.7. The molecule has 0 saturated carbocycles. The van der Waals surface area contributed by atoms with Crippen molar-refractivity contribution in [2.75, 3.05) is 42.5 Å². The summed E-state index contributed by atoms with van der Waals surface area (Å²) in [5, 5.41) is 26.1. The van der Waals surface area contributed by atoms with Crippen molar-refractivity contribution in [1.82, 2.24) is 15.0 Å². The second-order valence-corrected chi connectivity index (χ2v) is 22.8. The van der Waals surface area contributed by atoms with E-state index in [4.69, 9.17) is 9.29 Å². The van der Waals surface area contributed by atoms with Crippen LogP contribution in [0.15, 0.2) is 126 Å². The van der Waals surface area contributed by atoms with E-state index in [2.05, 4.69) is 49.2 Å². The number of azo groups is 1. The molecule has 38 heteroatoms. The Morgan fingerprint density at radius 2 is 1.26 bits per heavy atom. The largest absolute Gasteiger partial charge is 1.00 e. The Balaban J connectivity index is 0.00000469. The average Bonchev–Trinajstić information content (AvgIpc) is 3.24. The number of aromatic nitrogens is 3. The third-order valence-electron chi connectivity index (χ3n) is 8.96. The van der Waals surface area contributed by atoms with E-state index in [1.54, 1.807) is 0 Å². The van der Waals surface area contributed by atoms with E-state index in [-0.39, 0.29) is 179 Å². The number of methoxy groups -OCH3 is 1. The fourth-order valence-electron chi connectivity index (χ4n) is 5.88. The van der Waals surface area contributed by atoms with Crippen molar-refractivity contribution in [2.45, 2.75) is 19.6 Å². The van der Waals surface area contributed by atoms with Gasteiger partial charge in [-0.25, -0.2) is 51.3 Å². The number of sulfone groups is 2. The average molecular weight is 1180 g/mol. The summed E-state index contributed by atoms with van der Waals surface area (Å²) in [5.74, 6) is -3.46. The van der Waals surface area contributed by atoms with Gasteiger partial charge in [-0.05, 0) is 89.6 Å². The molecule has 5 aromatic carbocycles. The summed E-state index contributed by atoms with van der Waals surface area (Å²) in [6, 6.07) is 17.1. The van der Waals surface area contributed by atoms with E-state index in [0.29, 0.717) is 0 Å². The fourth-order valence-corrected chi connectivity index (χ4v) is 10.2. The maximum atomic E-state index is 13.7. The number of ether oxygens (including phenoxy) is 1. The minimum atomic E-state index is -5.51. The van der Waals surface area contributed by atoms with Crippen LogP contribution in [0.4, 0.5) is 40.3 Å². The molecule has 0 atom stereocenters. The number of nitrogens with one attached hydrogen (secondary N) is 3. The fraction of sp³-hybridized carbons (Fsp3) is 0.139. The van der Waals surface area contributed by atoms with Gasteiger partial charge in [-0.3, -0.25) is 13.7 Å². The number of benzene rings is 5. The number of H-pyrrole nitrogens is 1. The molecule has 0 amide bonds. The summed E-state index contributed by atoms with van der Waals surface area (Å²) in [5.41, 5.74) is -1.80. The van der Waals surface area contributed by atoms with E-state index >= 15 is 0 Å². The van der Waals surface area contributed by atoms with Crippen LogP contribution in [-0.4, -0.2) is 115 Å². The molecular formula is C36H30N8Na4O20S6. The number of rotatable bonds is 20. The van der Waals surface area contributed by atoms with Gasteiger partial charge < -0.3 is 34.1 Å². The Hall–Kier alpha value is -2.57. The maximum Gasteiger partial charge on any atom is 1.00 e. The van der Waals surface area contributed by atoms with Crippen molar-refractivity contribution in [3.63, 3.8) is 0 Å². The quantitative estimate of drug-likeness (QED) is 0.0239. The molecule has 1 heterocycles. The minimum Gasteiger partial charge on any atom is -0.871 e. The third kappa shape index (κ3) is 19.1. The smallest absolute Gasteiger partial charge is 0.871 e. The predicted molar refractivity (Wildman–Crippen MR) is 235 cm³/mol. The number of fused-ring (bicyclic) bond motifs is 1. The molecule has 0 bridgehead atoms. The number of hydrogen-bond acceptors (Lipinski definition) is 26. The summed E-state index contributed by atoms with van der Waals surface area (Å²) in [7, 11) is -28.0. The zero-order chi connectivity index (χ0) is 51.5. The SMILES string of the molecule is COc1ccc(N=Nc2c(S(=O)(=O)[O-])cc3cc(Nc4nc(Nc5ccc(S(=O)(=O)CCOS(=O)(=O)[O-])cc5)nc(=Nc5cccc(S(=O)(=O)CCOS(=O)(=O)O)c5)[nH]4)ccc3c2[O-])c(S(=O)(=O)[O-])c1.[Na+].[Na+].[Na+].[Na+]. The van der Waals surface area contributed by atoms with E-state index in [1.165, 1.54) is 55.6 Å². The van der Waals surface area contributed by atoms with Gasteiger partial charge in [0.05, 0.1) is 62.8 Å². The second-order valence-electron chi connectivity index (χ2n) is 13.8. The van der Waals surface area contributed by atoms with Crippen LogP contribution in [0, 0.1) is 0 Å². The monoisotopic (exact) mass is 1180 g/mol. The molecule has 0 unspecified atom stereocenters. The first kappa shape index (κ1) is 67.5. The topological polar surface area (TPSA) is 448 Å². The molecule has 0 fully saturated rings. The van der Waals surface area contributed by atoms with Crippen LogP contribution in [0.25, 0.3) is 10.8 Å². The number of aromatic amines is 1. The van der Waals surface area contributed by atoms with Crippen LogP contribution in [-0.2, 0) is 69.1 Å². The normalized spacial score (nSPS) is 12.5. The van der Waals surface area contributed by atoms with Crippen LogP contribution in [0.5, 0.6) is 11.5 Å². The van der Waals surface area contributed by atoms with E-state index in [9.17, 15) is 69.3 Å². The Morgan fingerprint density at radius 1 is 0.649 bits per heavy atom. The zero-order valence-electron chi connectivity index (χ0n) is 38.9. The van der Waals surface area contributed by atoms with Crippen LogP contribution in [0.3, 0.4) is 0 Å². The van der Waals surface area contributed by atoms with Crippen molar-refractivity contribution < 1.29 is 205 Å². The van der Waals surface area contributed by atoms with Gasteiger partial charge in [0.2, 0.25) is 27.9 Å². The van der Waals surface area contributed by atoms with Crippen molar-refractivity contribution in [1.29, 1.82) is 0 Å². The van der Waals surface area contributed by atoms with Crippen LogP contribution in [0.1, 0.15) is 0 Å². The van der Waals surface area contributed by atoms with Crippen molar-refractivity contribution in [2.24, 2.45) is 15.2 Å². The standard InChI is InChI=1S/C36H34N8O20S6.4Na/c1-62-25-8-12-29(30(20-25)67(50,51)52)43-44-32-31(68(53,54)55)18-21-17-24(7-11-28(21)33(32)45)39-36-41-34(37-22-5-9-26(10-6-22)65(46,47)15-13-63-69(56,57)58)40-35(42-36)38-23-3-2-4-27(19-23)66(48,49)16-14-64-70(59,60)61;;;;/h2-12,17-20,45H,13-16H2,1H3,(H,50,51,52)(H,53,54,55)(H,56,57,58)(H,59,60,61)(H3,37,38,39,40,41,42);;;;/q;4*+1/p-4. The Kier molecular flexibility index (Phi) is 25.0. The van der Waals surface area contributed by atoms with E-state index < -0.39 is 112 Å². The van der Waals surface area contributed by atoms with E-state index in [0.717, 1.165) is 42.5 Å². The van der Waals surface area contributed by atoms with Gasteiger partial charge >= 0.3 is 129 Å². The van der Waals surface area contributed by atoms with Crippen LogP contribution >= 0.6 is 0 Å². The van der Waals surface area contributed by atoms with Gasteiger partial charge in [-0.2, -0.15) is 18.4 Å². The molecule has 374 valence electrons. The van der Waals surface area contributed by atoms with Gasteiger partial charge in [0.1, 0.15) is 31.7 Å². The molecule has 0 spiro atoms. The first-order valence-corrected chi connectivity index (χ1v) is 27.6. The summed E-state index contributed by atoms with van der Waals surface area (Å²) >= 11 is 0. The van der Waals surface area contributed by atoms with Crippen LogP contribution < -0.4 is 144 Å². The summed E-state index contributed by atoms with van der Waals surface area (Å²) in [6.45, 7) is -1.87. The Labute approximate surface area is 510 Å². The van der Waals surface area contributed by atoms with Gasteiger partial charge in [-0.15, -0.1) is 10.2 Å². The van der Waals surface area contributed by atoms with Gasteiger partial charge in [0, 0.05) is 11.4 Å². The summed E-state index contributed by atoms with van der Waals surface area (Å²) < 4.78 is 200. The molecule has 6 rings (SSSR count). The van der Waals surface area contributed by atoms with Gasteiger partial charge in [0.25, 0.3) is 0 Å². The minimum absolute atomic E-state index is 0. The number of hydrogen-bond donors (Lipinski definition) is 4. The zero-order valence-corrected chi connectivity index (χ0v) is 51.8. The third-order valence-corrected chi connectivity index (χ3v) is 15.0. The molecule has 74 heavy (non-hydrogen) atoms. The Bertz CT molecular complexity index is 3840. The Morgan fingerprint density at radius 3 is 1.85 bits per heavy atom. The summed E-state index contributed by atoms with van der Waals surface area (Å²) in [4.78, 5) is 12.8. The molecular weight excluding hydrogens is 1150 g/mol. The van der Waals surface area contributed by atoms with Crippen molar-refractivity contribution in [3.05, 3.63) is 96.6 Å².